The molecule has 1 aliphatic rings. The van der Waals surface area contributed by atoms with Gasteiger partial charge in [0.1, 0.15) is 23.9 Å². The Labute approximate surface area is 258 Å². The summed E-state index contributed by atoms with van der Waals surface area (Å²) >= 11 is 2.05. The number of anilines is 2. The average molecular weight is 665 g/mol. The van der Waals surface area contributed by atoms with Gasteiger partial charge in [-0.15, -0.1) is 5.10 Å². The molecule has 0 bridgehead atoms. The maximum Gasteiger partial charge on any atom is 0.474 e. The van der Waals surface area contributed by atoms with Crippen molar-refractivity contribution in [2.75, 3.05) is 42.8 Å². The number of imidazole rings is 1. The number of aliphatic hydroxyl groups excluding tert-OH is 1. The molecule has 1 aliphatic heterocycles. The van der Waals surface area contributed by atoms with E-state index in [2.05, 4.69) is 15.1 Å². The van der Waals surface area contributed by atoms with E-state index in [0.29, 0.717) is 0 Å². The summed E-state index contributed by atoms with van der Waals surface area (Å²) < 4.78 is 37.3. The third-order valence-electron chi connectivity index (χ3n) is 6.25. The number of aromatic nitrogens is 4. The molecular weight excluding hydrogens is 623 g/mol. The van der Waals surface area contributed by atoms with Crippen molar-refractivity contribution in [2.45, 2.75) is 72.4 Å². The summed E-state index contributed by atoms with van der Waals surface area (Å²) in [5.74, 6) is 0.247. The van der Waals surface area contributed by atoms with Gasteiger partial charge >= 0.3 is 7.82 Å². The molecule has 3 rings (SSSR count). The van der Waals surface area contributed by atoms with Crippen molar-refractivity contribution >= 4 is 59.0 Å². The Morgan fingerprint density at radius 2 is 1.60 bits per heavy atom. The minimum absolute atomic E-state index is 0.0109. The number of nitrogens with zero attached hydrogens (tertiary/aromatic N) is 4. The Morgan fingerprint density at radius 3 is 2.12 bits per heavy atom. The summed E-state index contributed by atoms with van der Waals surface area (Å²) in [5, 5.41) is 26.1. The predicted molar refractivity (Wildman–Crippen MR) is 163 cm³/mol. The molecule has 3 heterocycles. The highest BCUT2D eigenvalue weighted by molar-refractivity contribution is 8.14. The van der Waals surface area contributed by atoms with Gasteiger partial charge in [0, 0.05) is 22.3 Å². The van der Waals surface area contributed by atoms with E-state index in [0.717, 1.165) is 23.5 Å². The molecule has 242 valence electrons. The quantitative estimate of drug-likeness (QED) is 0.189. The number of carbonyl (C=O) groups excluding carboxylic acids is 2. The molecule has 0 radical (unpaired) electrons. The number of phosphoric acid groups is 1. The molecule has 2 aromatic heterocycles. The van der Waals surface area contributed by atoms with Gasteiger partial charge in [-0.25, -0.2) is 14.1 Å². The fraction of sp³-hybridized carbons (Fsp3) is 0.720. The third-order valence-corrected chi connectivity index (χ3v) is 10.2. The van der Waals surface area contributed by atoms with Gasteiger partial charge < -0.3 is 26.4 Å². The summed E-state index contributed by atoms with van der Waals surface area (Å²) in [5.41, 5.74) is 9.02. The van der Waals surface area contributed by atoms with Gasteiger partial charge in [-0.3, -0.25) is 23.2 Å². The molecule has 0 spiro atoms. The molecule has 6 N–H and O–H groups in total. The van der Waals surface area contributed by atoms with Crippen molar-refractivity contribution in [2.24, 2.45) is 10.8 Å². The Hall–Kier alpha value is -1.82. The third kappa shape index (κ3) is 8.89. The van der Waals surface area contributed by atoms with Crippen LogP contribution in [-0.2, 0) is 32.5 Å². The first-order valence-corrected chi connectivity index (χ1v) is 16.9. The van der Waals surface area contributed by atoms with E-state index < -0.39 is 49.2 Å². The number of nitrogen functional groups attached to an aromatic ring is 2. The number of nitrogens with two attached hydrogens (primary N) is 2. The lowest BCUT2D eigenvalue weighted by molar-refractivity contribution is -0.118. The number of ether oxygens (including phenoxy) is 1. The molecule has 0 amide bonds. The zero-order chi connectivity index (χ0) is 32.4. The SMILES string of the molecule is CC(C)(C)C(=O)SCCOP(=O)(OCCSC(=O)C(C)(C)C)OC[C@H]1O[C@@H](c2cnc3c(N)nc(N)nn23)[C@](C)(O)[C@@H]1O. The van der Waals surface area contributed by atoms with E-state index in [-0.39, 0.29) is 58.1 Å². The number of carbonyl (C=O) groups is 2. The molecule has 43 heavy (non-hydrogen) atoms. The minimum Gasteiger partial charge on any atom is -0.387 e. The van der Waals surface area contributed by atoms with E-state index in [1.54, 1.807) is 41.5 Å². The van der Waals surface area contributed by atoms with Crippen LogP contribution in [0.15, 0.2) is 6.20 Å². The van der Waals surface area contributed by atoms with E-state index in [9.17, 15) is 24.4 Å². The van der Waals surface area contributed by atoms with Crippen LogP contribution in [0.5, 0.6) is 0 Å². The first-order chi connectivity index (χ1) is 19.8. The number of rotatable bonds is 12. The Bertz CT molecular complexity index is 1320. The molecule has 1 saturated heterocycles. The van der Waals surface area contributed by atoms with Crippen LogP contribution in [-0.4, -0.2) is 89.2 Å². The number of thioether (sulfide) groups is 2. The molecule has 0 saturated carbocycles. The Morgan fingerprint density at radius 1 is 1.07 bits per heavy atom. The molecule has 2 aromatic rings. The van der Waals surface area contributed by atoms with Gasteiger partial charge in [-0.2, -0.15) is 4.98 Å². The Kier molecular flexibility index (Phi) is 11.3. The lowest BCUT2D eigenvalue weighted by Crippen LogP contribution is -2.43. The molecule has 0 aliphatic carbocycles. The molecular formula is C25H41N6O9PS2. The fourth-order valence-corrected chi connectivity index (χ4v) is 6.81. The van der Waals surface area contributed by atoms with Crippen LogP contribution >= 0.6 is 31.3 Å². The van der Waals surface area contributed by atoms with Crippen molar-refractivity contribution in [1.82, 2.24) is 19.6 Å². The number of phosphoric ester groups is 1. The van der Waals surface area contributed by atoms with Crippen LogP contribution in [0, 0.1) is 10.8 Å². The summed E-state index contributed by atoms with van der Waals surface area (Å²) in [7, 11) is -4.27. The second-order valence-corrected chi connectivity index (χ2v) is 16.0. The predicted octanol–water partition coefficient (Wildman–Crippen LogP) is 2.61. The van der Waals surface area contributed by atoms with Crippen LogP contribution in [0.25, 0.3) is 5.65 Å². The number of fused-ring (bicyclic) bond motifs is 1. The first kappa shape index (κ1) is 35.7. The van der Waals surface area contributed by atoms with Gasteiger partial charge in [0.15, 0.2) is 21.7 Å². The summed E-state index contributed by atoms with van der Waals surface area (Å²) in [6.45, 7) is 11.3. The molecule has 15 nitrogen and oxygen atoms in total. The van der Waals surface area contributed by atoms with Crippen LogP contribution in [0.3, 0.4) is 0 Å². The molecule has 18 heteroatoms. The van der Waals surface area contributed by atoms with Gasteiger partial charge in [-0.05, 0) is 6.92 Å². The fourth-order valence-electron chi connectivity index (χ4n) is 3.81. The molecule has 1 fully saturated rings. The number of hydrogen-bond acceptors (Lipinski definition) is 16. The maximum absolute atomic E-state index is 13.6. The van der Waals surface area contributed by atoms with Crippen molar-refractivity contribution < 1.29 is 42.7 Å². The van der Waals surface area contributed by atoms with Gasteiger partial charge in [0.05, 0.1) is 31.7 Å². The highest BCUT2D eigenvalue weighted by Gasteiger charge is 2.54. The largest absolute Gasteiger partial charge is 0.474 e. The van der Waals surface area contributed by atoms with Crippen LogP contribution in [0.2, 0.25) is 0 Å². The van der Waals surface area contributed by atoms with E-state index in [1.165, 1.54) is 17.6 Å². The van der Waals surface area contributed by atoms with E-state index in [1.807, 2.05) is 0 Å². The number of hydrogen-bond donors (Lipinski definition) is 4. The van der Waals surface area contributed by atoms with Crippen molar-refractivity contribution in [1.29, 1.82) is 0 Å². The topological polar surface area (TPSA) is 224 Å². The molecule has 0 aromatic carbocycles. The monoisotopic (exact) mass is 664 g/mol. The molecule has 0 unspecified atom stereocenters. The van der Waals surface area contributed by atoms with Crippen LogP contribution in [0.4, 0.5) is 11.8 Å². The highest BCUT2D eigenvalue weighted by atomic mass is 32.2. The lowest BCUT2D eigenvalue weighted by Gasteiger charge is -2.26. The van der Waals surface area contributed by atoms with Gasteiger partial charge in [0.2, 0.25) is 5.95 Å². The maximum atomic E-state index is 13.6. The van der Waals surface area contributed by atoms with Gasteiger partial charge in [0.25, 0.3) is 0 Å². The first-order valence-electron chi connectivity index (χ1n) is 13.5. The normalized spacial score (nSPS) is 23.2. The van der Waals surface area contributed by atoms with Crippen LogP contribution in [0.1, 0.15) is 60.3 Å². The second kappa shape index (κ2) is 13.7. The van der Waals surface area contributed by atoms with Crippen molar-refractivity contribution in [3.63, 3.8) is 0 Å². The highest BCUT2D eigenvalue weighted by Crippen LogP contribution is 2.51. The average Bonchev–Trinajstić information content (AvgIpc) is 3.40. The standard InChI is InChI=1S/C25H41N6O9PS2/c1-23(2,3)20(33)42-10-8-37-41(36,38-9-11-43-21(34)24(4,5)6)39-13-15-16(32)25(7,35)17(40-15)14-12-28-19-18(26)29-22(27)30-31(14)19/h12,15-17,32,35H,8-11,13H2,1-7H3,(H4,26,27,29,30)/t15-,16-,17+,25-/m1/s1. The van der Waals surface area contributed by atoms with Crippen molar-refractivity contribution in [3.05, 3.63) is 11.9 Å². The minimum atomic E-state index is -4.27. The van der Waals surface area contributed by atoms with Gasteiger partial charge in [-0.1, -0.05) is 65.1 Å². The number of aliphatic hydroxyl groups is 2. The zero-order valence-corrected chi connectivity index (χ0v) is 27.8. The van der Waals surface area contributed by atoms with E-state index in [4.69, 9.17) is 29.8 Å². The zero-order valence-electron chi connectivity index (χ0n) is 25.3. The van der Waals surface area contributed by atoms with E-state index >= 15 is 0 Å². The smallest absolute Gasteiger partial charge is 0.387 e. The Balaban J connectivity index is 1.70. The lowest BCUT2D eigenvalue weighted by atomic mass is 9.91. The summed E-state index contributed by atoms with van der Waals surface area (Å²) in [6, 6.07) is 0. The summed E-state index contributed by atoms with van der Waals surface area (Å²) in [4.78, 5) is 32.5. The van der Waals surface area contributed by atoms with Crippen LogP contribution < -0.4 is 11.5 Å². The second-order valence-electron chi connectivity index (χ2n) is 12.2. The summed E-state index contributed by atoms with van der Waals surface area (Å²) in [6.07, 6.45) is -2.50. The van der Waals surface area contributed by atoms with Crippen molar-refractivity contribution in [3.8, 4) is 0 Å². The molecule has 4 atom stereocenters.